The van der Waals surface area contributed by atoms with Gasteiger partial charge in [0.15, 0.2) is 0 Å². The third-order valence-corrected chi connectivity index (χ3v) is 1.74. The van der Waals surface area contributed by atoms with Gasteiger partial charge in [-0.3, -0.25) is 4.79 Å². The van der Waals surface area contributed by atoms with E-state index in [-0.39, 0.29) is 6.42 Å². The van der Waals surface area contributed by atoms with E-state index in [0.29, 0.717) is 26.3 Å². The van der Waals surface area contributed by atoms with E-state index in [4.69, 9.17) is 9.84 Å². The first-order chi connectivity index (χ1) is 6.56. The van der Waals surface area contributed by atoms with E-state index >= 15 is 0 Å². The molecule has 1 unspecified atom stereocenters. The maximum Gasteiger partial charge on any atom is 0.304 e. The summed E-state index contributed by atoms with van der Waals surface area (Å²) in [6.45, 7) is 3.62. The average Bonchev–Trinajstić information content (AvgIpc) is 2.11. The molecule has 0 radical (unpaired) electrons. The summed E-state index contributed by atoms with van der Waals surface area (Å²) < 4.78 is 5.03. The Bertz CT molecular complexity index is 163. The third kappa shape index (κ3) is 7.97. The molecule has 1 atom stereocenters. The monoisotopic (exact) mass is 205 g/mol. The number of hydrogen-bond donors (Lipinski definition) is 2. The molecule has 0 fully saturated rings. The van der Waals surface area contributed by atoms with Crippen LogP contribution in [0.5, 0.6) is 0 Å². The van der Waals surface area contributed by atoms with Crippen molar-refractivity contribution in [2.45, 2.75) is 19.4 Å². The first-order valence-electron chi connectivity index (χ1n) is 4.72. The zero-order valence-corrected chi connectivity index (χ0v) is 8.77. The van der Waals surface area contributed by atoms with Gasteiger partial charge in [0, 0.05) is 19.7 Å². The van der Waals surface area contributed by atoms with Crippen molar-refractivity contribution in [3.05, 3.63) is 0 Å². The van der Waals surface area contributed by atoms with Crippen LogP contribution in [0.4, 0.5) is 0 Å². The van der Waals surface area contributed by atoms with Crippen LogP contribution in [-0.2, 0) is 9.53 Å². The molecule has 14 heavy (non-hydrogen) atoms. The first-order valence-corrected chi connectivity index (χ1v) is 4.72. The van der Waals surface area contributed by atoms with Gasteiger partial charge in [-0.05, 0) is 14.0 Å². The molecule has 5 nitrogen and oxygen atoms in total. The molecule has 0 saturated heterocycles. The lowest BCUT2D eigenvalue weighted by molar-refractivity contribution is -0.137. The molecule has 0 aromatic carbocycles. The number of nitrogens with zero attached hydrogens (tertiary/aromatic N) is 1. The summed E-state index contributed by atoms with van der Waals surface area (Å²) in [6.07, 6.45) is -0.452. The van der Waals surface area contributed by atoms with Crippen LogP contribution in [0.3, 0.4) is 0 Å². The number of likely N-dealkylation sites (N-methyl/N-ethyl adjacent to an activating group) is 1. The topological polar surface area (TPSA) is 70.0 Å². The summed E-state index contributed by atoms with van der Waals surface area (Å²) >= 11 is 0. The maximum atomic E-state index is 10.2. The zero-order chi connectivity index (χ0) is 11.0. The van der Waals surface area contributed by atoms with Gasteiger partial charge in [-0.1, -0.05) is 0 Å². The van der Waals surface area contributed by atoms with Gasteiger partial charge in [0.25, 0.3) is 0 Å². The Hall–Kier alpha value is -0.650. The smallest absolute Gasteiger partial charge is 0.304 e. The number of aliphatic hydroxyl groups is 1. The third-order valence-electron chi connectivity index (χ3n) is 1.74. The number of aliphatic carboxylic acids is 1. The highest BCUT2D eigenvalue weighted by Crippen LogP contribution is 1.93. The lowest BCUT2D eigenvalue weighted by Crippen LogP contribution is -2.33. The van der Waals surface area contributed by atoms with Crippen molar-refractivity contribution in [1.29, 1.82) is 0 Å². The van der Waals surface area contributed by atoms with E-state index in [2.05, 4.69) is 0 Å². The quantitative estimate of drug-likeness (QED) is 0.574. The molecule has 0 amide bonds. The van der Waals surface area contributed by atoms with Crippen molar-refractivity contribution in [3.63, 3.8) is 0 Å². The summed E-state index contributed by atoms with van der Waals surface area (Å²) in [6, 6.07) is 0. The molecule has 0 rings (SSSR count). The van der Waals surface area contributed by atoms with E-state index in [1.807, 2.05) is 6.92 Å². The summed E-state index contributed by atoms with van der Waals surface area (Å²) in [5.41, 5.74) is 0. The second-order valence-electron chi connectivity index (χ2n) is 3.22. The highest BCUT2D eigenvalue weighted by molar-refractivity contribution is 5.66. The molecule has 0 spiro atoms. The van der Waals surface area contributed by atoms with Crippen LogP contribution in [0, 0.1) is 0 Å². The van der Waals surface area contributed by atoms with Crippen LogP contribution >= 0.6 is 0 Å². The van der Waals surface area contributed by atoms with Gasteiger partial charge in [-0.2, -0.15) is 0 Å². The number of ether oxygens (including phenoxy) is 1. The molecular formula is C9H19NO4. The minimum absolute atomic E-state index is 0.0951. The fraction of sp³-hybridized carbons (Fsp3) is 0.889. The number of carbonyl (C=O) groups is 1. The summed E-state index contributed by atoms with van der Waals surface area (Å²) in [7, 11) is 1.78. The van der Waals surface area contributed by atoms with Gasteiger partial charge >= 0.3 is 5.97 Å². The first kappa shape index (κ1) is 13.4. The van der Waals surface area contributed by atoms with Crippen molar-refractivity contribution in [1.82, 2.24) is 4.90 Å². The van der Waals surface area contributed by atoms with Crippen LogP contribution in [-0.4, -0.2) is 60.5 Å². The Labute approximate surface area is 84.3 Å². The van der Waals surface area contributed by atoms with E-state index in [0.717, 1.165) is 0 Å². The van der Waals surface area contributed by atoms with Crippen LogP contribution in [0.15, 0.2) is 0 Å². The molecule has 0 aliphatic heterocycles. The molecule has 2 N–H and O–H groups in total. The van der Waals surface area contributed by atoms with Gasteiger partial charge < -0.3 is 19.8 Å². The maximum absolute atomic E-state index is 10.2. The Morgan fingerprint density at radius 3 is 2.71 bits per heavy atom. The van der Waals surface area contributed by atoms with Crippen molar-refractivity contribution >= 4 is 5.97 Å². The zero-order valence-electron chi connectivity index (χ0n) is 8.77. The highest BCUT2D eigenvalue weighted by Gasteiger charge is 2.08. The van der Waals surface area contributed by atoms with Crippen LogP contribution in [0.2, 0.25) is 0 Å². The van der Waals surface area contributed by atoms with E-state index < -0.39 is 12.1 Å². The fourth-order valence-corrected chi connectivity index (χ4v) is 1.04. The largest absolute Gasteiger partial charge is 0.481 e. The van der Waals surface area contributed by atoms with Crippen molar-refractivity contribution in [2.24, 2.45) is 0 Å². The molecule has 0 aliphatic carbocycles. The highest BCUT2D eigenvalue weighted by atomic mass is 16.5. The minimum atomic E-state index is -0.823. The second-order valence-corrected chi connectivity index (χ2v) is 3.22. The number of carboxylic acids is 1. The predicted octanol–water partition coefficient (Wildman–Crippen LogP) is -0.210. The van der Waals surface area contributed by atoms with E-state index in [1.165, 1.54) is 0 Å². The lowest BCUT2D eigenvalue weighted by atomic mass is 10.3. The van der Waals surface area contributed by atoms with Crippen molar-refractivity contribution < 1.29 is 19.7 Å². The Morgan fingerprint density at radius 1 is 1.57 bits per heavy atom. The summed E-state index contributed by atoms with van der Waals surface area (Å²) in [4.78, 5) is 12.0. The summed E-state index contributed by atoms with van der Waals surface area (Å²) in [5.74, 6) is -0.823. The second kappa shape index (κ2) is 7.73. The van der Waals surface area contributed by atoms with Gasteiger partial charge in [0.1, 0.15) is 0 Å². The van der Waals surface area contributed by atoms with Gasteiger partial charge in [0.2, 0.25) is 0 Å². The molecular weight excluding hydrogens is 186 g/mol. The molecule has 0 aromatic rings. The van der Waals surface area contributed by atoms with Gasteiger partial charge in [-0.15, -0.1) is 0 Å². The fourth-order valence-electron chi connectivity index (χ4n) is 1.04. The van der Waals surface area contributed by atoms with Gasteiger partial charge in [0.05, 0.1) is 19.1 Å². The number of carboxylic acid groups (broad SMARTS) is 1. The normalized spacial score (nSPS) is 13.1. The Morgan fingerprint density at radius 2 is 2.21 bits per heavy atom. The summed E-state index contributed by atoms with van der Waals surface area (Å²) in [5, 5.41) is 17.8. The molecule has 5 heteroatoms. The SMILES string of the molecule is CCOCC(O)CN(C)CCC(=O)O. The molecule has 0 aromatic heterocycles. The number of rotatable bonds is 8. The van der Waals surface area contributed by atoms with E-state index in [1.54, 1.807) is 11.9 Å². The standard InChI is InChI=1S/C9H19NO4/c1-3-14-7-8(11)6-10(2)5-4-9(12)13/h8,11H,3-7H2,1-2H3,(H,12,13). The Balaban J connectivity index is 3.49. The van der Waals surface area contributed by atoms with Crippen molar-refractivity contribution in [2.75, 3.05) is 33.4 Å². The minimum Gasteiger partial charge on any atom is -0.481 e. The van der Waals surface area contributed by atoms with Gasteiger partial charge in [-0.25, -0.2) is 0 Å². The molecule has 0 saturated carbocycles. The molecule has 84 valence electrons. The molecule has 0 bridgehead atoms. The number of aliphatic hydroxyl groups excluding tert-OH is 1. The average molecular weight is 205 g/mol. The lowest BCUT2D eigenvalue weighted by Gasteiger charge is -2.19. The van der Waals surface area contributed by atoms with E-state index in [9.17, 15) is 9.90 Å². The van der Waals surface area contributed by atoms with Crippen LogP contribution < -0.4 is 0 Å². The Kier molecular flexibility index (Phi) is 7.37. The van der Waals surface area contributed by atoms with Crippen molar-refractivity contribution in [3.8, 4) is 0 Å². The van der Waals surface area contributed by atoms with Crippen LogP contribution in [0.1, 0.15) is 13.3 Å². The van der Waals surface area contributed by atoms with Crippen LogP contribution in [0.25, 0.3) is 0 Å². The molecule has 0 aliphatic rings. The predicted molar refractivity (Wildman–Crippen MR) is 52.2 cm³/mol. The molecule has 0 heterocycles. The number of hydrogen-bond acceptors (Lipinski definition) is 4.